The van der Waals surface area contributed by atoms with Crippen LogP contribution in [0.25, 0.3) is 0 Å². The van der Waals surface area contributed by atoms with Crippen molar-refractivity contribution >= 4 is 0 Å². The normalized spacial score (nSPS) is 24.0. The Morgan fingerprint density at radius 3 is 2.25 bits per heavy atom. The maximum absolute atomic E-state index is 4.42. The molecule has 1 fully saturated rings. The van der Waals surface area contributed by atoms with E-state index in [-0.39, 0.29) is 0 Å². The van der Waals surface area contributed by atoms with Crippen LogP contribution in [-0.2, 0) is 4.84 Å². The summed E-state index contributed by atoms with van der Waals surface area (Å²) in [6.45, 7) is 2.60. The largest absolute Gasteiger partial charge is 0.300 e. The highest BCUT2D eigenvalue weighted by atomic mass is 16.7. The van der Waals surface area contributed by atoms with Crippen LogP contribution in [0.4, 0.5) is 0 Å². The van der Waals surface area contributed by atoms with Crippen molar-refractivity contribution in [2.45, 2.75) is 0 Å². The van der Waals surface area contributed by atoms with Gasteiger partial charge in [0.25, 0.3) is 0 Å². The molecule has 2 heteroatoms. The van der Waals surface area contributed by atoms with E-state index in [2.05, 4.69) is 10.3 Å². The molecule has 0 atom stereocenters. The van der Waals surface area contributed by atoms with E-state index in [1.807, 2.05) is 6.54 Å². The summed E-state index contributed by atoms with van der Waals surface area (Å²) >= 11 is 0. The van der Waals surface area contributed by atoms with E-state index in [9.17, 15) is 0 Å². The van der Waals surface area contributed by atoms with Gasteiger partial charge in [0.1, 0.15) is 0 Å². The third-order valence-electron chi connectivity index (χ3n) is 0.333. The second-order valence-corrected chi connectivity index (χ2v) is 0.633. The third kappa shape index (κ3) is 0.106. The molecule has 2 nitrogen and oxygen atoms in total. The molecule has 0 bridgehead atoms. The van der Waals surface area contributed by atoms with Gasteiger partial charge in [0, 0.05) is 0 Å². The molecule has 0 spiro atoms. The van der Waals surface area contributed by atoms with E-state index in [0.29, 0.717) is 0 Å². The molecule has 1 N–H and O–H groups in total. The topological polar surface area (TPSA) is 21.3 Å². The highest BCUT2D eigenvalue weighted by Gasteiger charge is 1.93. The van der Waals surface area contributed by atoms with Gasteiger partial charge in [0.05, 0.1) is 13.2 Å². The summed E-state index contributed by atoms with van der Waals surface area (Å²) in [4.78, 5) is 4.42. The lowest BCUT2D eigenvalue weighted by Gasteiger charge is -2.10. The molecule has 0 saturated carbocycles. The zero-order valence-corrected chi connectivity index (χ0v) is 2.19. The van der Waals surface area contributed by atoms with Gasteiger partial charge >= 0.3 is 0 Å². The number of hydroxylamine groups is 1. The van der Waals surface area contributed by atoms with Crippen molar-refractivity contribution in [3.8, 4) is 0 Å². The highest BCUT2D eigenvalue weighted by molar-refractivity contribution is 4.58. The zero-order chi connectivity index (χ0) is 2.83. The van der Waals surface area contributed by atoms with Crippen molar-refractivity contribution in [1.82, 2.24) is 5.48 Å². The molecule has 1 heterocycles. The summed E-state index contributed by atoms with van der Waals surface area (Å²) in [6.07, 6.45) is 0. The van der Waals surface area contributed by atoms with Gasteiger partial charge in [-0.05, 0) is 0 Å². The first-order valence-corrected chi connectivity index (χ1v) is 1.19. The molecule has 1 aliphatic heterocycles. The summed E-state index contributed by atoms with van der Waals surface area (Å²) in [7, 11) is 0. The van der Waals surface area contributed by atoms with Crippen LogP contribution in [0.2, 0.25) is 0 Å². The summed E-state index contributed by atoms with van der Waals surface area (Å²) in [5.74, 6) is 0. The zero-order valence-electron chi connectivity index (χ0n) is 2.19. The van der Waals surface area contributed by atoms with E-state index >= 15 is 0 Å². The molecular weight excluding hydrogens is 54.0 g/mol. The summed E-state index contributed by atoms with van der Waals surface area (Å²) < 4.78 is 0. The molecule has 1 aliphatic rings. The Bertz CT molecular complexity index is 14.0. The van der Waals surface area contributed by atoms with E-state index in [0.717, 1.165) is 6.61 Å². The predicted octanol–water partition coefficient (Wildman–Crippen LogP) is -0.317. The second-order valence-electron chi connectivity index (χ2n) is 0.633. The van der Waals surface area contributed by atoms with Gasteiger partial charge in [-0.2, -0.15) is 5.48 Å². The van der Waals surface area contributed by atoms with Crippen LogP contribution in [0.1, 0.15) is 0 Å². The summed E-state index contributed by atoms with van der Waals surface area (Å²) in [5.41, 5.74) is 2.49. The fraction of sp³-hybridized carbons (Fsp3) is 0.500. The van der Waals surface area contributed by atoms with Crippen molar-refractivity contribution in [1.29, 1.82) is 0 Å². The lowest BCUT2D eigenvalue weighted by molar-refractivity contribution is -0.0101. The maximum Gasteiger partial charge on any atom is 0.0875 e. The van der Waals surface area contributed by atoms with Crippen molar-refractivity contribution in [2.24, 2.45) is 0 Å². The Balaban J connectivity index is 2.00. The van der Waals surface area contributed by atoms with E-state index in [1.54, 1.807) is 0 Å². The Hall–Kier alpha value is -0.0800. The van der Waals surface area contributed by atoms with Gasteiger partial charge in [-0.1, -0.05) is 0 Å². The van der Waals surface area contributed by atoms with Gasteiger partial charge in [0.2, 0.25) is 0 Å². The lowest BCUT2D eigenvalue weighted by Crippen LogP contribution is -2.26. The van der Waals surface area contributed by atoms with Gasteiger partial charge in [-0.3, -0.25) is 4.84 Å². The van der Waals surface area contributed by atoms with Gasteiger partial charge in [-0.15, -0.1) is 0 Å². The minimum atomic E-state index is 0.764. The average Bonchev–Trinajstić information content (AvgIpc) is 0.722. The Morgan fingerprint density at radius 2 is 2.25 bits per heavy atom. The van der Waals surface area contributed by atoms with Gasteiger partial charge < -0.3 is 0 Å². The van der Waals surface area contributed by atoms with Crippen molar-refractivity contribution < 1.29 is 4.84 Å². The Kier molecular flexibility index (Phi) is 0.381. The molecule has 0 aromatic rings. The van der Waals surface area contributed by atoms with Crippen LogP contribution in [0.3, 0.4) is 0 Å². The average molecular weight is 58.1 g/mol. The molecule has 23 valence electrons. The first-order chi connectivity index (χ1) is 2.00. The number of rotatable bonds is 0. The molecule has 4 heavy (non-hydrogen) atoms. The lowest BCUT2D eigenvalue weighted by atomic mass is 10.7. The fourth-order valence-corrected chi connectivity index (χ4v) is 0.0833. The monoisotopic (exact) mass is 58.0 g/mol. The van der Waals surface area contributed by atoms with Gasteiger partial charge in [-0.25, -0.2) is 0 Å². The van der Waals surface area contributed by atoms with E-state index in [4.69, 9.17) is 0 Å². The molecule has 1 rings (SSSR count). The van der Waals surface area contributed by atoms with Crippen LogP contribution in [0.5, 0.6) is 0 Å². The maximum atomic E-state index is 4.42. The SMILES string of the molecule is [CH]1CON1. The fourth-order valence-electron chi connectivity index (χ4n) is 0.0833. The highest BCUT2D eigenvalue weighted by Crippen LogP contribution is 1.80. The molecule has 0 amide bonds. The van der Waals surface area contributed by atoms with Crippen LogP contribution >= 0.6 is 0 Å². The van der Waals surface area contributed by atoms with Crippen LogP contribution < -0.4 is 5.48 Å². The minimum Gasteiger partial charge on any atom is -0.300 e. The second kappa shape index (κ2) is 0.701. The van der Waals surface area contributed by atoms with E-state index in [1.165, 1.54) is 0 Å². The summed E-state index contributed by atoms with van der Waals surface area (Å²) in [6, 6.07) is 0. The molecule has 0 aliphatic carbocycles. The number of hydrogen-bond donors (Lipinski definition) is 1. The van der Waals surface area contributed by atoms with Gasteiger partial charge in [0.15, 0.2) is 0 Å². The number of hydrogen-bond acceptors (Lipinski definition) is 2. The standard InChI is InChI=1S/C2H4NO/c1-2-4-3-1/h1,3H,2H2. The van der Waals surface area contributed by atoms with Crippen molar-refractivity contribution in [3.63, 3.8) is 0 Å². The molecule has 1 radical (unpaired) electrons. The first-order valence-electron chi connectivity index (χ1n) is 1.19. The van der Waals surface area contributed by atoms with Crippen LogP contribution in [-0.4, -0.2) is 6.61 Å². The third-order valence-corrected chi connectivity index (χ3v) is 0.333. The van der Waals surface area contributed by atoms with Crippen molar-refractivity contribution in [2.75, 3.05) is 6.61 Å². The molecule has 0 aromatic heterocycles. The molecule has 0 unspecified atom stereocenters. The summed E-state index contributed by atoms with van der Waals surface area (Å²) in [5, 5.41) is 0. The smallest absolute Gasteiger partial charge is 0.0875 e. The minimum absolute atomic E-state index is 0.764. The molecular formula is C2H4NO. The van der Waals surface area contributed by atoms with E-state index < -0.39 is 0 Å². The Morgan fingerprint density at radius 1 is 2.00 bits per heavy atom. The van der Waals surface area contributed by atoms with Crippen LogP contribution in [0.15, 0.2) is 0 Å². The van der Waals surface area contributed by atoms with Crippen LogP contribution in [0, 0.1) is 6.54 Å². The molecule has 1 saturated heterocycles. The first kappa shape index (κ1) is 2.18. The van der Waals surface area contributed by atoms with Crippen molar-refractivity contribution in [3.05, 3.63) is 6.54 Å². The molecule has 0 aromatic carbocycles. The Labute approximate surface area is 24.7 Å². The quantitative estimate of drug-likeness (QED) is 0.412. The predicted molar refractivity (Wildman–Crippen MR) is 13.4 cm³/mol. The number of nitrogens with one attached hydrogen (secondary N) is 1.